The van der Waals surface area contributed by atoms with Gasteiger partial charge in [-0.1, -0.05) is 24.3 Å². The second-order valence-electron chi connectivity index (χ2n) is 4.88. The molecule has 0 aliphatic heterocycles. The van der Waals surface area contributed by atoms with Gasteiger partial charge in [0.2, 0.25) is 0 Å². The minimum atomic E-state index is 0. The van der Waals surface area contributed by atoms with E-state index in [4.69, 9.17) is 4.74 Å². The largest absolute Gasteiger partial charge is 0.496 e. The number of imidazole rings is 1. The Labute approximate surface area is 133 Å². The summed E-state index contributed by atoms with van der Waals surface area (Å²) < 4.78 is 5.53. The maximum absolute atomic E-state index is 5.53. The number of pyridine rings is 1. The van der Waals surface area contributed by atoms with Crippen molar-refractivity contribution in [2.75, 3.05) is 7.11 Å². The van der Waals surface area contributed by atoms with Crippen LogP contribution in [0.5, 0.6) is 5.75 Å². The molecule has 0 fully saturated rings. The summed E-state index contributed by atoms with van der Waals surface area (Å²) in [5.74, 6) is 1.60. The fourth-order valence-corrected chi connectivity index (χ4v) is 2.56. The first-order chi connectivity index (χ1) is 10.3. The Morgan fingerprint density at radius 3 is 2.55 bits per heavy atom. The zero-order chi connectivity index (χ0) is 14.2. The number of fused-ring (bicyclic) bond motifs is 2. The normalized spacial score (nSPS) is 10.6. The van der Waals surface area contributed by atoms with E-state index in [0.717, 1.165) is 38.9 Å². The summed E-state index contributed by atoms with van der Waals surface area (Å²) >= 11 is 0. The van der Waals surface area contributed by atoms with E-state index < -0.39 is 0 Å². The van der Waals surface area contributed by atoms with Crippen LogP contribution in [0.25, 0.3) is 33.2 Å². The van der Waals surface area contributed by atoms with Gasteiger partial charge in [-0.05, 0) is 29.0 Å². The average Bonchev–Trinajstić information content (AvgIpc) is 2.97. The van der Waals surface area contributed by atoms with E-state index in [1.807, 2.05) is 24.3 Å². The molecule has 110 valence electrons. The minimum Gasteiger partial charge on any atom is -0.496 e. The molecule has 4 nitrogen and oxygen atoms in total. The first-order valence-electron chi connectivity index (χ1n) is 6.72. The predicted octanol–water partition coefficient (Wildman–Crippen LogP) is 4.21. The lowest BCUT2D eigenvalue weighted by atomic mass is 10.1. The number of nitrogens with zero attached hydrogens (tertiary/aromatic N) is 2. The molecule has 4 rings (SSSR count). The van der Waals surface area contributed by atoms with Gasteiger partial charge in [0.15, 0.2) is 0 Å². The summed E-state index contributed by atoms with van der Waals surface area (Å²) in [5.41, 5.74) is 2.77. The molecule has 2 aromatic heterocycles. The maximum atomic E-state index is 5.53. The molecule has 0 spiro atoms. The lowest BCUT2D eigenvalue weighted by Gasteiger charge is -2.08. The molecule has 1 N–H and O–H groups in total. The summed E-state index contributed by atoms with van der Waals surface area (Å²) in [5, 5.41) is 2.31. The van der Waals surface area contributed by atoms with Gasteiger partial charge in [0.25, 0.3) is 0 Å². The van der Waals surface area contributed by atoms with Gasteiger partial charge in [0.05, 0.1) is 29.9 Å². The van der Waals surface area contributed by atoms with Crippen LogP contribution in [0.4, 0.5) is 0 Å². The highest BCUT2D eigenvalue weighted by Crippen LogP contribution is 2.33. The summed E-state index contributed by atoms with van der Waals surface area (Å²) in [6.45, 7) is 0. The lowest BCUT2D eigenvalue weighted by molar-refractivity contribution is 0.417. The Balaban J connectivity index is 0.00000144. The van der Waals surface area contributed by atoms with Gasteiger partial charge in [0, 0.05) is 6.20 Å². The van der Waals surface area contributed by atoms with Crippen LogP contribution in [-0.4, -0.2) is 22.1 Å². The highest BCUT2D eigenvalue weighted by Gasteiger charge is 2.12. The van der Waals surface area contributed by atoms with Gasteiger partial charge in [0.1, 0.15) is 11.6 Å². The second-order valence-corrected chi connectivity index (χ2v) is 4.88. The molecule has 0 amide bonds. The van der Waals surface area contributed by atoms with Gasteiger partial charge in [-0.15, -0.1) is 12.4 Å². The van der Waals surface area contributed by atoms with Crippen LogP contribution < -0.4 is 4.74 Å². The summed E-state index contributed by atoms with van der Waals surface area (Å²) in [6.07, 6.45) is 3.52. The van der Waals surface area contributed by atoms with Crippen LogP contribution in [0.15, 0.2) is 54.9 Å². The van der Waals surface area contributed by atoms with Gasteiger partial charge >= 0.3 is 0 Å². The number of benzene rings is 2. The van der Waals surface area contributed by atoms with Crippen LogP contribution in [0.2, 0.25) is 0 Å². The van der Waals surface area contributed by atoms with Crippen molar-refractivity contribution in [3.8, 4) is 17.1 Å². The molecule has 0 unspecified atom stereocenters. The average molecular weight is 312 g/mol. The van der Waals surface area contributed by atoms with Crippen LogP contribution in [-0.2, 0) is 0 Å². The number of methoxy groups -OCH3 is 1. The minimum absolute atomic E-state index is 0. The number of rotatable bonds is 2. The first kappa shape index (κ1) is 14.4. The molecule has 22 heavy (non-hydrogen) atoms. The second kappa shape index (κ2) is 5.66. The molecular formula is C17H14ClN3O. The Bertz CT molecular complexity index is 916. The number of H-pyrrole nitrogens is 1. The van der Waals surface area contributed by atoms with Crippen LogP contribution >= 0.6 is 12.4 Å². The zero-order valence-electron chi connectivity index (χ0n) is 11.9. The van der Waals surface area contributed by atoms with Gasteiger partial charge in [-0.25, -0.2) is 4.98 Å². The molecule has 4 aromatic rings. The monoisotopic (exact) mass is 311 g/mol. The van der Waals surface area contributed by atoms with Crippen LogP contribution in [0, 0.1) is 0 Å². The van der Waals surface area contributed by atoms with E-state index in [1.54, 1.807) is 19.5 Å². The molecular weight excluding hydrogens is 298 g/mol. The smallest absolute Gasteiger partial charge is 0.142 e. The molecule has 0 saturated carbocycles. The Morgan fingerprint density at radius 2 is 1.82 bits per heavy atom. The quantitative estimate of drug-likeness (QED) is 0.603. The van der Waals surface area contributed by atoms with Crippen molar-refractivity contribution in [2.45, 2.75) is 0 Å². The van der Waals surface area contributed by atoms with Crippen LogP contribution in [0.3, 0.4) is 0 Å². The van der Waals surface area contributed by atoms with Crippen molar-refractivity contribution in [3.63, 3.8) is 0 Å². The highest BCUT2D eigenvalue weighted by molar-refractivity contribution is 5.91. The molecule has 0 saturated heterocycles. The standard InChI is InChI=1S/C17H13N3O.ClH/c1-21-16-9-12-5-3-2-4-11(12)8-13(16)17-19-14-6-7-18-10-15(14)20-17;/h2-10H,1H3,(H,19,20);1H. The van der Waals surface area contributed by atoms with E-state index in [9.17, 15) is 0 Å². The fraction of sp³-hybridized carbons (Fsp3) is 0.0588. The predicted molar refractivity (Wildman–Crippen MR) is 90.6 cm³/mol. The third kappa shape index (κ3) is 2.27. The lowest BCUT2D eigenvalue weighted by Crippen LogP contribution is -1.90. The zero-order valence-corrected chi connectivity index (χ0v) is 12.7. The molecule has 0 aliphatic carbocycles. The Hall–Kier alpha value is -2.59. The van der Waals surface area contributed by atoms with Gasteiger partial charge in [-0.2, -0.15) is 0 Å². The Morgan fingerprint density at radius 1 is 1.05 bits per heavy atom. The molecule has 2 heterocycles. The molecule has 0 aliphatic rings. The van der Waals surface area contributed by atoms with Crippen molar-refractivity contribution in [1.82, 2.24) is 15.0 Å². The number of hydrogen-bond acceptors (Lipinski definition) is 3. The summed E-state index contributed by atoms with van der Waals surface area (Å²) in [4.78, 5) is 12.0. The van der Waals surface area contributed by atoms with Crippen molar-refractivity contribution in [1.29, 1.82) is 0 Å². The van der Waals surface area contributed by atoms with Crippen molar-refractivity contribution < 1.29 is 4.74 Å². The summed E-state index contributed by atoms with van der Waals surface area (Å²) in [7, 11) is 1.68. The number of halogens is 1. The molecule has 5 heteroatoms. The molecule has 2 aromatic carbocycles. The van der Waals surface area contributed by atoms with Gasteiger partial charge in [-0.3, -0.25) is 4.98 Å². The number of aromatic amines is 1. The first-order valence-corrected chi connectivity index (χ1v) is 6.72. The number of aromatic nitrogens is 3. The van der Waals surface area contributed by atoms with Crippen molar-refractivity contribution >= 4 is 34.2 Å². The third-order valence-corrected chi connectivity index (χ3v) is 3.61. The van der Waals surface area contributed by atoms with Crippen molar-refractivity contribution in [2.24, 2.45) is 0 Å². The SMILES string of the molecule is COc1cc2ccccc2cc1-c1nc2ccncc2[nH]1.Cl. The molecule has 0 radical (unpaired) electrons. The number of nitrogens with one attached hydrogen (secondary N) is 1. The van der Waals surface area contributed by atoms with E-state index in [0.29, 0.717) is 0 Å². The van der Waals surface area contributed by atoms with E-state index >= 15 is 0 Å². The maximum Gasteiger partial charge on any atom is 0.142 e. The summed E-state index contributed by atoms with van der Waals surface area (Å²) in [6, 6.07) is 14.2. The highest BCUT2D eigenvalue weighted by atomic mass is 35.5. The van der Waals surface area contributed by atoms with E-state index in [1.165, 1.54) is 0 Å². The van der Waals surface area contributed by atoms with E-state index in [2.05, 4.69) is 33.2 Å². The number of hydrogen-bond donors (Lipinski definition) is 1. The van der Waals surface area contributed by atoms with Gasteiger partial charge < -0.3 is 9.72 Å². The van der Waals surface area contributed by atoms with Crippen LogP contribution in [0.1, 0.15) is 0 Å². The topological polar surface area (TPSA) is 50.8 Å². The fourth-order valence-electron chi connectivity index (χ4n) is 2.56. The Kier molecular flexibility index (Phi) is 3.69. The molecule has 0 bridgehead atoms. The third-order valence-electron chi connectivity index (χ3n) is 3.61. The van der Waals surface area contributed by atoms with E-state index in [-0.39, 0.29) is 12.4 Å². The number of ether oxygens (including phenoxy) is 1. The molecule has 0 atom stereocenters. The van der Waals surface area contributed by atoms with Crippen molar-refractivity contribution in [3.05, 3.63) is 54.9 Å².